The highest BCUT2D eigenvalue weighted by Gasteiger charge is 2.21. The number of methoxy groups -OCH3 is 1. The molecule has 0 aliphatic heterocycles. The van der Waals surface area contributed by atoms with Gasteiger partial charge in [-0.3, -0.25) is 4.79 Å². The lowest BCUT2D eigenvalue weighted by Gasteiger charge is -2.13. The molecule has 0 heterocycles. The molecule has 1 amide bonds. The van der Waals surface area contributed by atoms with Gasteiger partial charge < -0.3 is 10.1 Å². The molecule has 0 radical (unpaired) electrons. The van der Waals surface area contributed by atoms with Crippen molar-refractivity contribution in [1.29, 1.82) is 0 Å². The van der Waals surface area contributed by atoms with Crippen molar-refractivity contribution in [2.75, 3.05) is 20.3 Å². The minimum Gasteiger partial charge on any atom is -0.384 e. The quantitative estimate of drug-likeness (QED) is 0.807. The van der Waals surface area contributed by atoms with Crippen LogP contribution in [0.3, 0.4) is 0 Å². The van der Waals surface area contributed by atoms with Gasteiger partial charge in [-0.05, 0) is 30.5 Å². The van der Waals surface area contributed by atoms with E-state index >= 15 is 0 Å². The van der Waals surface area contributed by atoms with Crippen LogP contribution in [0.15, 0.2) is 17.0 Å². The lowest BCUT2D eigenvalue weighted by molar-refractivity contribution is 0.0932. The molecule has 0 aromatic heterocycles. The van der Waals surface area contributed by atoms with Gasteiger partial charge in [0.05, 0.1) is 11.5 Å². The van der Waals surface area contributed by atoms with E-state index in [2.05, 4.69) is 5.32 Å². The minimum absolute atomic E-state index is 0.0566. The van der Waals surface area contributed by atoms with E-state index in [1.54, 1.807) is 7.11 Å². The second-order valence-electron chi connectivity index (χ2n) is 4.78. The number of amides is 1. The molecule has 21 heavy (non-hydrogen) atoms. The van der Waals surface area contributed by atoms with Crippen LogP contribution in [-0.2, 0) is 13.8 Å². The van der Waals surface area contributed by atoms with Crippen molar-refractivity contribution < 1.29 is 22.3 Å². The third-order valence-corrected chi connectivity index (χ3v) is 4.34. The Hall–Kier alpha value is -1.18. The molecule has 0 saturated heterocycles. The van der Waals surface area contributed by atoms with Crippen molar-refractivity contribution in [2.24, 2.45) is 5.92 Å². The average Bonchev–Trinajstić information content (AvgIpc) is 2.37. The number of carbonyl (C=O) groups excluding carboxylic acids is 1. The summed E-state index contributed by atoms with van der Waals surface area (Å²) in [5.41, 5.74) is 0.0575. The van der Waals surface area contributed by atoms with Crippen LogP contribution >= 0.6 is 10.7 Å². The first-order chi connectivity index (χ1) is 9.66. The van der Waals surface area contributed by atoms with E-state index in [0.717, 1.165) is 12.1 Å². The summed E-state index contributed by atoms with van der Waals surface area (Å²) >= 11 is 0. The van der Waals surface area contributed by atoms with Gasteiger partial charge in [0, 0.05) is 29.9 Å². The second-order valence-corrected chi connectivity index (χ2v) is 7.32. The number of benzene rings is 1. The van der Waals surface area contributed by atoms with Gasteiger partial charge in [0.2, 0.25) is 0 Å². The summed E-state index contributed by atoms with van der Waals surface area (Å²) < 4.78 is 41.2. The molecular formula is C13H17ClFNO4S. The van der Waals surface area contributed by atoms with Crippen LogP contribution in [0.2, 0.25) is 0 Å². The highest BCUT2D eigenvalue weighted by atomic mass is 35.7. The van der Waals surface area contributed by atoms with Crippen molar-refractivity contribution in [3.05, 3.63) is 29.1 Å². The maximum Gasteiger partial charge on any atom is 0.261 e. The summed E-state index contributed by atoms with van der Waals surface area (Å²) in [5.74, 6) is -1.32. The molecule has 1 rings (SSSR count). The maximum absolute atomic E-state index is 13.5. The molecule has 0 spiro atoms. The third kappa shape index (κ3) is 4.94. The molecule has 0 bridgehead atoms. The van der Waals surface area contributed by atoms with Gasteiger partial charge in [-0.2, -0.15) is 0 Å². The summed E-state index contributed by atoms with van der Waals surface area (Å²) in [6.45, 7) is 4.06. The fraction of sp³-hybridized carbons (Fsp3) is 0.462. The molecule has 5 nitrogen and oxygen atoms in total. The van der Waals surface area contributed by atoms with Crippen molar-refractivity contribution >= 4 is 25.6 Å². The van der Waals surface area contributed by atoms with E-state index in [1.165, 1.54) is 6.92 Å². The number of hydrogen-bond donors (Lipinski definition) is 1. The van der Waals surface area contributed by atoms with Crippen molar-refractivity contribution in [2.45, 2.75) is 18.7 Å². The number of carbonyl (C=O) groups is 1. The SMILES string of the molecule is COCC(C)CNC(=O)c1cc(F)cc(S(=O)(=O)Cl)c1C. The maximum atomic E-state index is 13.5. The Morgan fingerprint density at radius 2 is 2.10 bits per heavy atom. The Bertz CT molecular complexity index is 633. The van der Waals surface area contributed by atoms with E-state index in [1.807, 2.05) is 6.92 Å². The number of ether oxygens (including phenoxy) is 1. The molecule has 1 aromatic carbocycles. The topological polar surface area (TPSA) is 72.5 Å². The summed E-state index contributed by atoms with van der Waals surface area (Å²) in [7, 11) is 2.67. The molecule has 0 aliphatic carbocycles. The van der Waals surface area contributed by atoms with Gasteiger partial charge in [0.25, 0.3) is 15.0 Å². The monoisotopic (exact) mass is 337 g/mol. The number of rotatable bonds is 6. The van der Waals surface area contributed by atoms with Crippen LogP contribution in [0.1, 0.15) is 22.8 Å². The van der Waals surface area contributed by atoms with Crippen LogP contribution in [0, 0.1) is 18.7 Å². The molecule has 1 aromatic rings. The molecule has 1 atom stereocenters. The molecule has 0 saturated carbocycles. The zero-order valence-corrected chi connectivity index (χ0v) is 13.5. The van der Waals surface area contributed by atoms with E-state index < -0.39 is 25.7 Å². The first kappa shape index (κ1) is 17.9. The van der Waals surface area contributed by atoms with Gasteiger partial charge >= 0.3 is 0 Å². The fourth-order valence-corrected chi connectivity index (χ4v) is 3.06. The van der Waals surface area contributed by atoms with Crippen molar-refractivity contribution in [1.82, 2.24) is 5.32 Å². The normalized spacial score (nSPS) is 13.0. The van der Waals surface area contributed by atoms with E-state index in [0.29, 0.717) is 13.2 Å². The standard InChI is InChI=1S/C13H17ClFNO4S/c1-8(7-20-3)6-16-13(17)11-4-10(15)5-12(9(11)2)21(14,18)19/h4-5,8H,6-7H2,1-3H3,(H,16,17). The zero-order valence-electron chi connectivity index (χ0n) is 11.9. The first-order valence-electron chi connectivity index (χ1n) is 6.18. The van der Waals surface area contributed by atoms with Gasteiger partial charge in [-0.25, -0.2) is 12.8 Å². The van der Waals surface area contributed by atoms with Crippen LogP contribution in [0.5, 0.6) is 0 Å². The number of hydrogen-bond acceptors (Lipinski definition) is 4. The minimum atomic E-state index is -4.12. The summed E-state index contributed by atoms with van der Waals surface area (Å²) in [5, 5.41) is 2.61. The van der Waals surface area contributed by atoms with Gasteiger partial charge in [-0.1, -0.05) is 6.92 Å². The predicted octanol–water partition coefficient (Wildman–Crippen LogP) is 2.07. The predicted molar refractivity (Wildman–Crippen MR) is 77.5 cm³/mol. The van der Waals surface area contributed by atoms with Gasteiger partial charge in [0.15, 0.2) is 0 Å². The van der Waals surface area contributed by atoms with Crippen molar-refractivity contribution in [3.8, 4) is 0 Å². The smallest absolute Gasteiger partial charge is 0.261 e. The summed E-state index contributed by atoms with van der Waals surface area (Å²) in [6, 6.07) is 1.78. The highest BCUT2D eigenvalue weighted by Crippen LogP contribution is 2.24. The van der Waals surface area contributed by atoms with Crippen LogP contribution in [0.25, 0.3) is 0 Å². The molecule has 0 fully saturated rings. The highest BCUT2D eigenvalue weighted by molar-refractivity contribution is 8.13. The summed E-state index contributed by atoms with van der Waals surface area (Å²) in [6.07, 6.45) is 0. The number of halogens is 2. The van der Waals surface area contributed by atoms with Gasteiger partial charge in [-0.15, -0.1) is 0 Å². The first-order valence-corrected chi connectivity index (χ1v) is 8.49. The second kappa shape index (κ2) is 7.20. The fourth-order valence-electron chi connectivity index (χ4n) is 1.85. The van der Waals surface area contributed by atoms with E-state index in [9.17, 15) is 17.6 Å². The Morgan fingerprint density at radius 3 is 2.62 bits per heavy atom. The Balaban J connectivity index is 3.03. The Kier molecular flexibility index (Phi) is 6.12. The average molecular weight is 338 g/mol. The van der Waals surface area contributed by atoms with Gasteiger partial charge in [0.1, 0.15) is 5.82 Å². The van der Waals surface area contributed by atoms with Crippen LogP contribution < -0.4 is 5.32 Å². The lowest BCUT2D eigenvalue weighted by Crippen LogP contribution is -2.30. The lowest BCUT2D eigenvalue weighted by atomic mass is 10.1. The van der Waals surface area contributed by atoms with E-state index in [4.69, 9.17) is 15.4 Å². The van der Waals surface area contributed by atoms with Crippen LogP contribution in [-0.4, -0.2) is 34.6 Å². The molecule has 118 valence electrons. The van der Waals surface area contributed by atoms with E-state index in [-0.39, 0.29) is 17.0 Å². The molecular weight excluding hydrogens is 321 g/mol. The third-order valence-electron chi connectivity index (χ3n) is 2.89. The van der Waals surface area contributed by atoms with Crippen LogP contribution in [0.4, 0.5) is 4.39 Å². The Morgan fingerprint density at radius 1 is 1.48 bits per heavy atom. The van der Waals surface area contributed by atoms with Crippen molar-refractivity contribution in [3.63, 3.8) is 0 Å². The molecule has 0 aliphatic rings. The zero-order chi connectivity index (χ0) is 16.2. The number of nitrogens with one attached hydrogen (secondary N) is 1. The largest absolute Gasteiger partial charge is 0.384 e. The molecule has 1 unspecified atom stereocenters. The molecule has 8 heteroatoms. The Labute approximate surface area is 127 Å². The summed E-state index contributed by atoms with van der Waals surface area (Å²) in [4.78, 5) is 11.6. The molecule has 1 N–H and O–H groups in total.